The van der Waals surface area contributed by atoms with Gasteiger partial charge >= 0.3 is 0 Å². The van der Waals surface area contributed by atoms with Crippen molar-refractivity contribution >= 4 is 11.6 Å². The van der Waals surface area contributed by atoms with Crippen LogP contribution in [0, 0.1) is 17.0 Å². The number of nitro groups is 1. The van der Waals surface area contributed by atoms with Crippen LogP contribution in [-0.2, 0) is 4.74 Å². The lowest BCUT2D eigenvalue weighted by molar-refractivity contribution is -0.385. The Bertz CT molecular complexity index is 538. The molecular formula is C13H16N2O5. The lowest BCUT2D eigenvalue weighted by Gasteiger charge is -2.20. The fourth-order valence-electron chi connectivity index (χ4n) is 2.17. The van der Waals surface area contributed by atoms with Gasteiger partial charge < -0.3 is 15.2 Å². The number of rotatable bonds is 4. The molecule has 1 fully saturated rings. The van der Waals surface area contributed by atoms with E-state index in [2.05, 4.69) is 5.32 Å². The highest BCUT2D eigenvalue weighted by Gasteiger charge is 2.33. The number of amides is 1. The van der Waals surface area contributed by atoms with Crippen LogP contribution in [0.4, 0.5) is 5.69 Å². The van der Waals surface area contributed by atoms with Gasteiger partial charge in [0.1, 0.15) is 11.2 Å². The van der Waals surface area contributed by atoms with Gasteiger partial charge in [0.15, 0.2) is 0 Å². The predicted molar refractivity (Wildman–Crippen MR) is 70.6 cm³/mol. The Morgan fingerprint density at radius 1 is 1.60 bits per heavy atom. The first kappa shape index (κ1) is 14.4. The summed E-state index contributed by atoms with van der Waals surface area (Å²) in [6.07, 6.45) is 0.434. The molecule has 1 atom stereocenters. The molecule has 0 spiro atoms. The van der Waals surface area contributed by atoms with Crippen LogP contribution in [0.25, 0.3) is 0 Å². The molecule has 2 rings (SSSR count). The molecule has 0 aliphatic carbocycles. The second kappa shape index (κ2) is 5.56. The molecule has 108 valence electrons. The molecule has 7 heteroatoms. The molecule has 2 N–H and O–H groups in total. The fourth-order valence-corrected chi connectivity index (χ4v) is 2.17. The van der Waals surface area contributed by atoms with Crippen molar-refractivity contribution in [1.29, 1.82) is 0 Å². The van der Waals surface area contributed by atoms with Crippen LogP contribution in [0.2, 0.25) is 0 Å². The molecule has 1 unspecified atom stereocenters. The van der Waals surface area contributed by atoms with Crippen molar-refractivity contribution in [2.45, 2.75) is 18.9 Å². The lowest BCUT2D eigenvalue weighted by atomic mass is 10.0. The van der Waals surface area contributed by atoms with E-state index in [1.807, 2.05) is 0 Å². The number of hydrogen-bond acceptors (Lipinski definition) is 5. The van der Waals surface area contributed by atoms with Gasteiger partial charge in [0.25, 0.3) is 11.6 Å². The van der Waals surface area contributed by atoms with E-state index < -0.39 is 16.4 Å². The predicted octanol–water partition coefficient (Wildman–Crippen LogP) is 0.784. The van der Waals surface area contributed by atoms with Crippen molar-refractivity contribution in [1.82, 2.24) is 5.32 Å². The van der Waals surface area contributed by atoms with E-state index in [9.17, 15) is 20.0 Å². The number of benzene rings is 1. The smallest absolute Gasteiger partial charge is 0.282 e. The van der Waals surface area contributed by atoms with Gasteiger partial charge in [0.05, 0.1) is 11.5 Å². The molecule has 0 saturated carbocycles. The number of nitrogens with one attached hydrogen (secondary N) is 1. The van der Waals surface area contributed by atoms with Crippen LogP contribution in [0.3, 0.4) is 0 Å². The van der Waals surface area contributed by atoms with Gasteiger partial charge in [-0.2, -0.15) is 0 Å². The van der Waals surface area contributed by atoms with Crippen LogP contribution < -0.4 is 5.32 Å². The number of nitrogens with zero attached hydrogens (tertiary/aromatic N) is 1. The van der Waals surface area contributed by atoms with E-state index in [1.54, 1.807) is 13.0 Å². The first-order valence-corrected chi connectivity index (χ1v) is 6.25. The molecule has 1 aromatic carbocycles. The summed E-state index contributed by atoms with van der Waals surface area (Å²) < 4.78 is 5.07. The normalized spacial score (nSPS) is 21.7. The molecule has 0 radical (unpaired) electrons. The molecule has 1 aliphatic rings. The Balaban J connectivity index is 2.15. The standard InChI is InChI=1S/C13H16N2O5/c1-9-3-2-4-10(15(18)19)11(9)12(16)14-7-13(17)5-6-20-8-13/h2-4,17H,5-8H2,1H3,(H,14,16). The number of hydrogen-bond donors (Lipinski definition) is 2. The summed E-state index contributed by atoms with van der Waals surface area (Å²) in [7, 11) is 0. The lowest BCUT2D eigenvalue weighted by Crippen LogP contribution is -2.43. The van der Waals surface area contributed by atoms with E-state index in [4.69, 9.17) is 4.74 Å². The van der Waals surface area contributed by atoms with E-state index in [1.165, 1.54) is 12.1 Å². The fraction of sp³-hybridized carbons (Fsp3) is 0.462. The van der Waals surface area contributed by atoms with E-state index in [0.717, 1.165) is 0 Å². The third-order valence-corrected chi connectivity index (χ3v) is 3.34. The van der Waals surface area contributed by atoms with Gasteiger partial charge in [0, 0.05) is 25.6 Å². The highest BCUT2D eigenvalue weighted by Crippen LogP contribution is 2.22. The Morgan fingerprint density at radius 2 is 2.35 bits per heavy atom. The summed E-state index contributed by atoms with van der Waals surface area (Å²) in [6, 6.07) is 4.45. The zero-order valence-corrected chi connectivity index (χ0v) is 11.1. The monoisotopic (exact) mass is 280 g/mol. The SMILES string of the molecule is Cc1cccc([N+](=O)[O-])c1C(=O)NCC1(O)CCOC1. The van der Waals surface area contributed by atoms with Crippen molar-refractivity contribution in [2.75, 3.05) is 19.8 Å². The summed E-state index contributed by atoms with van der Waals surface area (Å²) in [5.41, 5.74) is -0.781. The van der Waals surface area contributed by atoms with Crippen molar-refractivity contribution < 1.29 is 19.6 Å². The second-order valence-electron chi connectivity index (χ2n) is 4.94. The maximum atomic E-state index is 12.1. The molecule has 1 aliphatic heterocycles. The summed E-state index contributed by atoms with van der Waals surface area (Å²) in [5, 5.41) is 23.6. The maximum absolute atomic E-state index is 12.1. The van der Waals surface area contributed by atoms with Crippen LogP contribution >= 0.6 is 0 Å². The molecule has 1 aromatic rings. The Morgan fingerprint density at radius 3 is 2.95 bits per heavy atom. The first-order chi connectivity index (χ1) is 9.43. The van der Waals surface area contributed by atoms with E-state index >= 15 is 0 Å². The minimum atomic E-state index is -1.09. The Labute approximate surface area is 115 Å². The Hall–Kier alpha value is -1.99. The van der Waals surface area contributed by atoms with Crippen LogP contribution in [-0.4, -0.2) is 41.3 Å². The van der Waals surface area contributed by atoms with Crippen LogP contribution in [0.5, 0.6) is 0 Å². The molecular weight excluding hydrogens is 264 g/mol. The van der Waals surface area contributed by atoms with Gasteiger partial charge in [0.2, 0.25) is 0 Å². The van der Waals surface area contributed by atoms with Gasteiger partial charge in [-0.3, -0.25) is 14.9 Å². The number of ether oxygens (including phenoxy) is 1. The third-order valence-electron chi connectivity index (χ3n) is 3.34. The zero-order chi connectivity index (χ0) is 14.8. The zero-order valence-electron chi connectivity index (χ0n) is 11.1. The average molecular weight is 280 g/mol. The number of aryl methyl sites for hydroxylation is 1. The largest absolute Gasteiger partial charge is 0.386 e. The first-order valence-electron chi connectivity index (χ1n) is 6.25. The van der Waals surface area contributed by atoms with Crippen molar-refractivity contribution in [3.63, 3.8) is 0 Å². The molecule has 0 aromatic heterocycles. The molecule has 1 heterocycles. The number of carbonyl (C=O) groups excluding carboxylic acids is 1. The Kier molecular flexibility index (Phi) is 4.01. The minimum Gasteiger partial charge on any atom is -0.386 e. The topological polar surface area (TPSA) is 102 Å². The van der Waals surface area contributed by atoms with Gasteiger partial charge in [-0.15, -0.1) is 0 Å². The molecule has 20 heavy (non-hydrogen) atoms. The summed E-state index contributed by atoms with van der Waals surface area (Å²) in [5.74, 6) is -0.560. The van der Waals surface area contributed by atoms with Crippen LogP contribution in [0.15, 0.2) is 18.2 Å². The number of aliphatic hydroxyl groups is 1. The maximum Gasteiger partial charge on any atom is 0.282 e. The van der Waals surface area contributed by atoms with E-state index in [0.29, 0.717) is 18.6 Å². The van der Waals surface area contributed by atoms with Crippen molar-refractivity contribution in [3.8, 4) is 0 Å². The van der Waals surface area contributed by atoms with E-state index in [-0.39, 0.29) is 24.4 Å². The third kappa shape index (κ3) is 2.94. The average Bonchev–Trinajstić information content (AvgIpc) is 2.83. The highest BCUT2D eigenvalue weighted by atomic mass is 16.6. The summed E-state index contributed by atoms with van der Waals surface area (Å²) in [4.78, 5) is 22.5. The summed E-state index contributed by atoms with van der Waals surface area (Å²) >= 11 is 0. The minimum absolute atomic E-state index is 0.0112. The number of nitro benzene ring substituents is 1. The molecule has 1 saturated heterocycles. The van der Waals surface area contributed by atoms with Gasteiger partial charge in [-0.25, -0.2) is 0 Å². The van der Waals surface area contributed by atoms with Gasteiger partial charge in [-0.05, 0) is 12.5 Å². The number of carbonyl (C=O) groups is 1. The highest BCUT2D eigenvalue weighted by molar-refractivity contribution is 5.99. The molecule has 0 bridgehead atoms. The molecule has 7 nitrogen and oxygen atoms in total. The quantitative estimate of drug-likeness (QED) is 0.627. The summed E-state index contributed by atoms with van der Waals surface area (Å²) in [6.45, 7) is 2.24. The van der Waals surface area contributed by atoms with Crippen molar-refractivity contribution in [3.05, 3.63) is 39.4 Å². The van der Waals surface area contributed by atoms with Crippen molar-refractivity contribution in [2.24, 2.45) is 0 Å². The molecule has 1 amide bonds. The van der Waals surface area contributed by atoms with Gasteiger partial charge in [-0.1, -0.05) is 12.1 Å². The second-order valence-corrected chi connectivity index (χ2v) is 4.94. The van der Waals surface area contributed by atoms with Crippen LogP contribution in [0.1, 0.15) is 22.3 Å².